The summed E-state index contributed by atoms with van der Waals surface area (Å²) in [6.07, 6.45) is -7.81. The van der Waals surface area contributed by atoms with Crippen molar-refractivity contribution in [1.29, 1.82) is 0 Å². The second-order valence-electron chi connectivity index (χ2n) is 8.90. The zero-order valence-corrected chi connectivity index (χ0v) is 22.5. The maximum atomic E-state index is 14.8. The molecule has 45 heavy (non-hydrogen) atoms. The van der Waals surface area contributed by atoms with Crippen LogP contribution < -0.4 is 14.2 Å². The van der Waals surface area contributed by atoms with Gasteiger partial charge in [-0.15, -0.1) is 13.2 Å². The predicted octanol–water partition coefficient (Wildman–Crippen LogP) is 8.63. The molecule has 0 unspecified atom stereocenters. The molecule has 0 fully saturated rings. The van der Waals surface area contributed by atoms with Crippen LogP contribution in [0.4, 0.5) is 39.5 Å². The van der Waals surface area contributed by atoms with Crippen molar-refractivity contribution in [3.05, 3.63) is 137 Å². The van der Waals surface area contributed by atoms with Crippen molar-refractivity contribution < 1.29 is 53.7 Å². The monoisotopic (exact) mass is 632 g/mol. The van der Waals surface area contributed by atoms with E-state index < -0.39 is 63.9 Å². The van der Waals surface area contributed by atoms with E-state index >= 15 is 0 Å². The molecule has 4 rings (SSSR count). The number of hydrogen-bond donors (Lipinski definition) is 0. The van der Waals surface area contributed by atoms with E-state index in [1.807, 2.05) is 11.8 Å². The highest BCUT2D eigenvalue weighted by atomic mass is 19.4. The van der Waals surface area contributed by atoms with Crippen molar-refractivity contribution in [2.45, 2.75) is 12.5 Å². The Hall–Kier alpha value is -5.49. The molecule has 0 radical (unpaired) electrons. The summed E-state index contributed by atoms with van der Waals surface area (Å²) in [6, 6.07) is 13.0. The topological polar surface area (TPSA) is 27.7 Å². The number of ether oxygens (including phenoxy) is 3. The second kappa shape index (κ2) is 13.4. The fraction of sp³-hybridized carbons (Fsp3) is 0.0909. The van der Waals surface area contributed by atoms with Gasteiger partial charge in [-0.05, 0) is 60.7 Å². The van der Waals surface area contributed by atoms with Crippen LogP contribution in [0.15, 0.2) is 85.5 Å². The maximum Gasteiger partial charge on any atom is 0.573 e. The van der Waals surface area contributed by atoms with E-state index in [-0.39, 0.29) is 0 Å². The highest BCUT2D eigenvalue weighted by Crippen LogP contribution is 2.33. The minimum absolute atomic E-state index is 0.343. The molecule has 12 heteroatoms. The van der Waals surface area contributed by atoms with E-state index in [1.54, 1.807) is 30.3 Å². The van der Waals surface area contributed by atoms with Gasteiger partial charge in [-0.1, -0.05) is 36.3 Å². The van der Waals surface area contributed by atoms with Gasteiger partial charge in [0.2, 0.25) is 5.75 Å². The average Bonchev–Trinajstić information content (AvgIpc) is 2.96. The first-order valence-corrected chi connectivity index (χ1v) is 12.5. The Morgan fingerprint density at radius 1 is 0.600 bits per heavy atom. The van der Waals surface area contributed by atoms with E-state index in [1.165, 1.54) is 12.1 Å². The largest absolute Gasteiger partial charge is 0.573 e. The number of rotatable bonds is 7. The van der Waals surface area contributed by atoms with Crippen LogP contribution >= 0.6 is 0 Å². The minimum atomic E-state index is -5.38. The van der Waals surface area contributed by atoms with E-state index in [0.29, 0.717) is 47.7 Å². The molecule has 0 aliphatic heterocycles. The molecule has 0 heterocycles. The molecule has 0 aromatic heterocycles. The zero-order chi connectivity index (χ0) is 32.8. The van der Waals surface area contributed by atoms with Crippen molar-refractivity contribution in [3.63, 3.8) is 0 Å². The molecule has 0 spiro atoms. The van der Waals surface area contributed by atoms with Gasteiger partial charge in [0.1, 0.15) is 29.7 Å². The maximum absolute atomic E-state index is 14.8. The normalized spacial score (nSPS) is 11.0. The van der Waals surface area contributed by atoms with Gasteiger partial charge in [-0.3, -0.25) is 0 Å². The van der Waals surface area contributed by atoms with E-state index in [2.05, 4.69) is 27.9 Å². The van der Waals surface area contributed by atoms with E-state index in [4.69, 9.17) is 4.74 Å². The predicted molar refractivity (Wildman–Crippen MR) is 144 cm³/mol. The van der Waals surface area contributed by atoms with Crippen LogP contribution in [0.25, 0.3) is 0 Å². The van der Waals surface area contributed by atoms with Crippen LogP contribution in [0.3, 0.4) is 0 Å². The number of benzene rings is 4. The van der Waals surface area contributed by atoms with Crippen LogP contribution in [0, 0.1) is 47.0 Å². The fourth-order valence-electron chi connectivity index (χ4n) is 3.60. The van der Waals surface area contributed by atoms with Gasteiger partial charge in [-0.2, -0.15) is 8.78 Å². The molecular formula is C33H17F9O3. The number of hydrogen-bond acceptors (Lipinski definition) is 3. The average molecular weight is 632 g/mol. The summed E-state index contributed by atoms with van der Waals surface area (Å²) in [7, 11) is 0. The molecule has 230 valence electrons. The lowest BCUT2D eigenvalue weighted by molar-refractivity contribution is -0.276. The van der Waals surface area contributed by atoms with Crippen molar-refractivity contribution in [1.82, 2.24) is 0 Å². The molecule has 0 saturated heterocycles. The molecule has 3 nitrogen and oxygen atoms in total. The van der Waals surface area contributed by atoms with Crippen LogP contribution in [0.1, 0.15) is 27.8 Å². The third kappa shape index (κ3) is 8.77. The zero-order valence-electron chi connectivity index (χ0n) is 22.5. The summed E-state index contributed by atoms with van der Waals surface area (Å²) in [5, 5.41) is 0. The summed E-state index contributed by atoms with van der Waals surface area (Å²) < 4.78 is 137. The van der Waals surface area contributed by atoms with Crippen molar-refractivity contribution >= 4 is 0 Å². The molecular weight excluding hydrogens is 615 g/mol. The number of halogens is 9. The van der Waals surface area contributed by atoms with Gasteiger partial charge >= 0.3 is 12.5 Å². The van der Waals surface area contributed by atoms with Crippen LogP contribution in [0.2, 0.25) is 0 Å². The quantitative estimate of drug-likeness (QED) is 0.116. The SMILES string of the molecule is C=CCOc1ccc(C#Cc2ccc(C(F)(F)Oc3cc(F)c(C#Cc4cc(F)c(OC(F)(F)F)c(F)c4)c(F)c3)cc2)cc1. The van der Waals surface area contributed by atoms with Crippen LogP contribution in [-0.2, 0) is 6.11 Å². The Morgan fingerprint density at radius 3 is 1.62 bits per heavy atom. The summed E-state index contributed by atoms with van der Waals surface area (Å²) in [5.41, 5.74) is -1.19. The Labute approximate surface area is 250 Å². The first-order chi connectivity index (χ1) is 21.2. The molecule has 0 aliphatic rings. The Morgan fingerprint density at radius 2 is 1.11 bits per heavy atom. The third-order valence-electron chi connectivity index (χ3n) is 5.60. The molecule has 4 aromatic rings. The Balaban J connectivity index is 1.46. The van der Waals surface area contributed by atoms with E-state index in [9.17, 15) is 39.5 Å². The molecule has 0 N–H and O–H groups in total. The lowest BCUT2D eigenvalue weighted by Gasteiger charge is -2.18. The standard InChI is InChI=1S/C33H17F9O3/c1-2-15-43-24-12-7-21(8-13-24)4-3-20-5-10-23(11-6-20)32(38,39)44-25-18-27(34)26(28(35)19-25)14-9-22-16-29(36)31(30(37)17-22)45-33(40,41)42/h2,5-8,10-13,16-19H,1,15H2. The van der Waals surface area contributed by atoms with Gasteiger partial charge < -0.3 is 14.2 Å². The first-order valence-electron chi connectivity index (χ1n) is 12.5. The molecule has 4 aromatic carbocycles. The molecule has 0 saturated carbocycles. The van der Waals surface area contributed by atoms with Gasteiger partial charge in [0, 0.05) is 28.8 Å². The van der Waals surface area contributed by atoms with Gasteiger partial charge in [0.15, 0.2) is 11.6 Å². The lowest BCUT2D eigenvalue weighted by atomic mass is 10.1. The number of alkyl halides is 5. The summed E-state index contributed by atoms with van der Waals surface area (Å²) in [5.74, 6) is 1.10. The highest BCUT2D eigenvalue weighted by Gasteiger charge is 2.35. The molecule has 0 atom stereocenters. The highest BCUT2D eigenvalue weighted by molar-refractivity contribution is 5.48. The van der Waals surface area contributed by atoms with Gasteiger partial charge in [0.25, 0.3) is 0 Å². The van der Waals surface area contributed by atoms with Crippen molar-refractivity contribution in [2.24, 2.45) is 0 Å². The summed E-state index contributed by atoms with van der Waals surface area (Å²) in [4.78, 5) is 0. The van der Waals surface area contributed by atoms with E-state index in [0.717, 1.165) is 12.1 Å². The minimum Gasteiger partial charge on any atom is -0.490 e. The van der Waals surface area contributed by atoms with Gasteiger partial charge in [-0.25, -0.2) is 17.6 Å². The molecule has 0 amide bonds. The molecule has 0 aliphatic carbocycles. The first kappa shape index (κ1) is 32.4. The van der Waals surface area contributed by atoms with Crippen LogP contribution in [-0.4, -0.2) is 13.0 Å². The fourth-order valence-corrected chi connectivity index (χ4v) is 3.60. The smallest absolute Gasteiger partial charge is 0.490 e. The van der Waals surface area contributed by atoms with Crippen LogP contribution in [0.5, 0.6) is 17.2 Å². The second-order valence-corrected chi connectivity index (χ2v) is 8.90. The summed E-state index contributed by atoms with van der Waals surface area (Å²) >= 11 is 0. The summed E-state index contributed by atoms with van der Waals surface area (Å²) in [6.45, 7) is 3.90. The molecule has 0 bridgehead atoms. The van der Waals surface area contributed by atoms with Gasteiger partial charge in [0.05, 0.1) is 11.1 Å². The Bertz CT molecular complexity index is 1780. The van der Waals surface area contributed by atoms with Crippen molar-refractivity contribution in [3.8, 4) is 40.9 Å². The third-order valence-corrected chi connectivity index (χ3v) is 5.60. The Kier molecular flexibility index (Phi) is 9.68. The lowest BCUT2D eigenvalue weighted by Crippen LogP contribution is -2.22. The van der Waals surface area contributed by atoms with Crippen molar-refractivity contribution in [2.75, 3.05) is 6.61 Å².